The molecule has 0 aliphatic heterocycles. The van der Waals surface area contributed by atoms with Gasteiger partial charge in [-0.15, -0.1) is 24.0 Å². The normalized spacial score (nSPS) is 11.0. The molecule has 1 aromatic heterocycles. The highest BCUT2D eigenvalue weighted by molar-refractivity contribution is 14.0. The molecule has 25 heavy (non-hydrogen) atoms. The van der Waals surface area contributed by atoms with Crippen molar-refractivity contribution in [1.29, 1.82) is 0 Å². The Morgan fingerprint density at radius 1 is 1.20 bits per heavy atom. The lowest BCUT2D eigenvalue weighted by Gasteiger charge is -2.12. The van der Waals surface area contributed by atoms with E-state index in [0.29, 0.717) is 11.6 Å². The summed E-state index contributed by atoms with van der Waals surface area (Å²) in [5.74, 6) is 1.32. The minimum absolute atomic E-state index is 0. The zero-order chi connectivity index (χ0) is 17.6. The number of amides is 1. The maximum Gasteiger partial charge on any atom is 0.243 e. The average Bonchev–Trinajstić information content (AvgIpc) is 2.57. The van der Waals surface area contributed by atoms with Crippen LogP contribution >= 0.6 is 24.0 Å². The minimum atomic E-state index is -0.125. The van der Waals surface area contributed by atoms with E-state index in [1.54, 1.807) is 31.6 Å². The zero-order valence-electron chi connectivity index (χ0n) is 15.5. The number of unbranched alkanes of at least 4 members (excludes halogenated alkanes) is 3. The molecule has 3 N–H and O–H groups in total. The Morgan fingerprint density at radius 3 is 2.60 bits per heavy atom. The molecule has 0 atom stereocenters. The molecule has 1 rings (SSSR count). The first kappa shape index (κ1) is 23.6. The lowest BCUT2D eigenvalue weighted by Crippen LogP contribution is -2.41. The molecule has 0 aromatic carbocycles. The summed E-state index contributed by atoms with van der Waals surface area (Å²) in [6.07, 6.45) is 9.51. The van der Waals surface area contributed by atoms with Crippen LogP contribution in [0.5, 0.6) is 0 Å². The van der Waals surface area contributed by atoms with Crippen LogP contribution in [-0.2, 0) is 4.79 Å². The van der Waals surface area contributed by atoms with Gasteiger partial charge in [-0.1, -0.05) is 39.5 Å². The second-order valence-electron chi connectivity index (χ2n) is 6.24. The molecule has 1 amide bonds. The highest BCUT2D eigenvalue weighted by Crippen LogP contribution is 2.08. The third-order valence-electron chi connectivity index (χ3n) is 3.59. The van der Waals surface area contributed by atoms with Crippen molar-refractivity contribution in [3.63, 3.8) is 0 Å². The molecule has 0 radical (unpaired) electrons. The largest absolute Gasteiger partial charge is 0.356 e. The molecule has 0 fully saturated rings. The SMILES string of the molecule is CN=C(NCCCCCCC(C)C)NCC(=O)Nc1cccnc1.I. The van der Waals surface area contributed by atoms with Gasteiger partial charge in [0.05, 0.1) is 18.4 Å². The van der Waals surface area contributed by atoms with Crippen LogP contribution in [0.25, 0.3) is 0 Å². The summed E-state index contributed by atoms with van der Waals surface area (Å²) < 4.78 is 0. The number of nitrogens with one attached hydrogen (secondary N) is 3. The molecule has 0 aliphatic carbocycles. The molecule has 0 bridgehead atoms. The number of aliphatic imine (C=N–C) groups is 1. The lowest BCUT2D eigenvalue weighted by atomic mass is 10.0. The van der Waals surface area contributed by atoms with Crippen LogP contribution in [-0.4, -0.2) is 37.0 Å². The molecule has 7 heteroatoms. The smallest absolute Gasteiger partial charge is 0.243 e. The molecule has 6 nitrogen and oxygen atoms in total. The van der Waals surface area contributed by atoms with Crippen LogP contribution < -0.4 is 16.0 Å². The van der Waals surface area contributed by atoms with Gasteiger partial charge in [0.15, 0.2) is 5.96 Å². The van der Waals surface area contributed by atoms with E-state index in [4.69, 9.17) is 0 Å². The van der Waals surface area contributed by atoms with Crippen LogP contribution in [0, 0.1) is 5.92 Å². The van der Waals surface area contributed by atoms with E-state index in [2.05, 4.69) is 39.8 Å². The number of hydrogen-bond acceptors (Lipinski definition) is 3. The van der Waals surface area contributed by atoms with Crippen LogP contribution in [0.4, 0.5) is 5.69 Å². The number of halogens is 1. The Balaban J connectivity index is 0.00000576. The lowest BCUT2D eigenvalue weighted by molar-refractivity contribution is -0.115. The summed E-state index contributed by atoms with van der Waals surface area (Å²) in [6.45, 7) is 5.57. The third kappa shape index (κ3) is 12.6. The monoisotopic (exact) mass is 461 g/mol. The Hall–Kier alpha value is -1.38. The number of pyridine rings is 1. The van der Waals surface area contributed by atoms with Crippen molar-refractivity contribution >= 4 is 41.5 Å². The van der Waals surface area contributed by atoms with Gasteiger partial charge in [0.1, 0.15) is 0 Å². The fraction of sp³-hybridized carbons (Fsp3) is 0.611. The molecule has 0 spiro atoms. The Bertz CT molecular complexity index is 493. The number of carbonyl (C=O) groups excluding carboxylic acids is 1. The number of rotatable bonds is 10. The van der Waals surface area contributed by atoms with Crippen molar-refractivity contribution < 1.29 is 4.79 Å². The predicted molar refractivity (Wildman–Crippen MR) is 116 cm³/mol. The Kier molecular flexibility index (Phi) is 14.1. The van der Waals surface area contributed by atoms with E-state index in [0.717, 1.165) is 18.9 Å². The summed E-state index contributed by atoms with van der Waals surface area (Å²) in [7, 11) is 1.71. The molecule has 1 aromatic rings. The molecule has 0 saturated carbocycles. The van der Waals surface area contributed by atoms with Gasteiger partial charge in [0.25, 0.3) is 0 Å². The van der Waals surface area contributed by atoms with Gasteiger partial charge in [-0.3, -0.25) is 14.8 Å². The second-order valence-corrected chi connectivity index (χ2v) is 6.24. The van der Waals surface area contributed by atoms with Gasteiger partial charge in [0, 0.05) is 19.8 Å². The minimum Gasteiger partial charge on any atom is -0.356 e. The average molecular weight is 461 g/mol. The first-order valence-electron chi connectivity index (χ1n) is 8.76. The van der Waals surface area contributed by atoms with E-state index < -0.39 is 0 Å². The van der Waals surface area contributed by atoms with Crippen molar-refractivity contribution in [3.05, 3.63) is 24.5 Å². The quantitative estimate of drug-likeness (QED) is 0.216. The van der Waals surface area contributed by atoms with E-state index in [1.165, 1.54) is 25.7 Å². The molecule has 0 saturated heterocycles. The Morgan fingerprint density at radius 2 is 1.96 bits per heavy atom. The van der Waals surface area contributed by atoms with Crippen molar-refractivity contribution in [2.75, 3.05) is 25.5 Å². The van der Waals surface area contributed by atoms with Crippen LogP contribution in [0.1, 0.15) is 46.0 Å². The number of anilines is 1. The summed E-state index contributed by atoms with van der Waals surface area (Å²) >= 11 is 0. The highest BCUT2D eigenvalue weighted by Gasteiger charge is 2.04. The Labute approximate surface area is 168 Å². The molecule has 0 aliphatic rings. The van der Waals surface area contributed by atoms with Crippen molar-refractivity contribution in [1.82, 2.24) is 15.6 Å². The van der Waals surface area contributed by atoms with Gasteiger partial charge in [0.2, 0.25) is 5.91 Å². The summed E-state index contributed by atoms with van der Waals surface area (Å²) in [5, 5.41) is 9.02. The van der Waals surface area contributed by atoms with Gasteiger partial charge >= 0.3 is 0 Å². The van der Waals surface area contributed by atoms with Crippen molar-refractivity contribution in [3.8, 4) is 0 Å². The molecule has 0 unspecified atom stereocenters. The molecule has 142 valence electrons. The maximum absolute atomic E-state index is 11.9. The number of hydrogen-bond donors (Lipinski definition) is 3. The number of aromatic nitrogens is 1. The molecular formula is C18H32IN5O. The number of carbonyl (C=O) groups is 1. The number of nitrogens with zero attached hydrogens (tertiary/aromatic N) is 2. The first-order valence-corrected chi connectivity index (χ1v) is 8.76. The zero-order valence-corrected chi connectivity index (χ0v) is 17.9. The molecule has 1 heterocycles. The van der Waals surface area contributed by atoms with E-state index >= 15 is 0 Å². The van der Waals surface area contributed by atoms with Gasteiger partial charge in [-0.2, -0.15) is 0 Å². The molecular weight excluding hydrogens is 429 g/mol. The van der Waals surface area contributed by atoms with Crippen molar-refractivity contribution in [2.24, 2.45) is 10.9 Å². The highest BCUT2D eigenvalue weighted by atomic mass is 127. The van der Waals surface area contributed by atoms with E-state index in [-0.39, 0.29) is 36.4 Å². The van der Waals surface area contributed by atoms with Crippen LogP contribution in [0.15, 0.2) is 29.5 Å². The summed E-state index contributed by atoms with van der Waals surface area (Å²) in [4.78, 5) is 19.9. The van der Waals surface area contributed by atoms with Crippen molar-refractivity contribution in [2.45, 2.75) is 46.0 Å². The fourth-order valence-corrected chi connectivity index (χ4v) is 2.26. The maximum atomic E-state index is 11.9. The van der Waals surface area contributed by atoms with E-state index in [9.17, 15) is 4.79 Å². The van der Waals surface area contributed by atoms with E-state index in [1.807, 2.05) is 0 Å². The second kappa shape index (κ2) is 14.9. The standard InChI is InChI=1S/C18H31N5O.HI/c1-15(2)9-6-4-5-7-12-21-18(19-3)22-14-17(24)23-16-10-8-11-20-13-16;/h8,10-11,13,15H,4-7,9,12,14H2,1-3H3,(H,23,24)(H2,19,21,22);1H. The summed E-state index contributed by atoms with van der Waals surface area (Å²) in [5.41, 5.74) is 0.689. The fourth-order valence-electron chi connectivity index (χ4n) is 2.26. The van der Waals surface area contributed by atoms with Gasteiger partial charge in [-0.05, 0) is 24.5 Å². The third-order valence-corrected chi connectivity index (χ3v) is 3.59. The topological polar surface area (TPSA) is 78.4 Å². The van der Waals surface area contributed by atoms with Crippen LogP contribution in [0.3, 0.4) is 0 Å². The van der Waals surface area contributed by atoms with Gasteiger partial charge in [-0.25, -0.2) is 0 Å². The van der Waals surface area contributed by atoms with Crippen LogP contribution in [0.2, 0.25) is 0 Å². The summed E-state index contributed by atoms with van der Waals surface area (Å²) in [6, 6.07) is 3.59. The predicted octanol–water partition coefficient (Wildman–Crippen LogP) is 3.41. The number of guanidine groups is 1. The van der Waals surface area contributed by atoms with Gasteiger partial charge < -0.3 is 16.0 Å². The first-order chi connectivity index (χ1) is 11.6.